The van der Waals surface area contributed by atoms with Crippen LogP contribution in [0.5, 0.6) is 0 Å². The molecule has 25 heavy (non-hydrogen) atoms. The third-order valence-electron chi connectivity index (χ3n) is 3.80. The van der Waals surface area contributed by atoms with Crippen LogP contribution in [0.1, 0.15) is 19.4 Å². The summed E-state index contributed by atoms with van der Waals surface area (Å²) in [5, 5.41) is 0.799. The second-order valence-corrected chi connectivity index (χ2v) is 6.52. The first-order valence-corrected chi connectivity index (χ1v) is 8.69. The second kappa shape index (κ2) is 8.37. The van der Waals surface area contributed by atoms with Crippen LogP contribution in [-0.2, 0) is 9.59 Å². The van der Waals surface area contributed by atoms with Gasteiger partial charge >= 0.3 is 0 Å². The summed E-state index contributed by atoms with van der Waals surface area (Å²) in [5.74, 6) is -0.452. The van der Waals surface area contributed by atoms with Crippen molar-refractivity contribution in [3.8, 4) is 0 Å². The Morgan fingerprint density at radius 3 is 2.32 bits per heavy atom. The normalized spacial score (nSPS) is 10.4. The first-order valence-electron chi connectivity index (χ1n) is 7.93. The van der Waals surface area contributed by atoms with Gasteiger partial charge in [0.1, 0.15) is 6.54 Å². The summed E-state index contributed by atoms with van der Waals surface area (Å²) in [6.45, 7) is 5.67. The van der Waals surface area contributed by atoms with E-state index in [0.717, 1.165) is 11.3 Å². The quantitative estimate of drug-likeness (QED) is 0.755. The molecular formula is C19H20Cl2N2O2. The fourth-order valence-corrected chi connectivity index (χ4v) is 3.10. The number of anilines is 2. The lowest BCUT2D eigenvalue weighted by atomic mass is 10.2. The standard InChI is InChI=1S/C19H20Cl2N2O2/c1-4-22(16-7-5-6-13(2)10-16)19(25)12-23(14(3)24)18-9-8-15(20)11-17(18)21/h5-11H,4,12H2,1-3H3. The van der Waals surface area contributed by atoms with Crippen LogP contribution in [0.2, 0.25) is 10.0 Å². The molecule has 0 spiro atoms. The zero-order chi connectivity index (χ0) is 18.6. The average molecular weight is 379 g/mol. The zero-order valence-electron chi connectivity index (χ0n) is 14.4. The van der Waals surface area contributed by atoms with Crippen molar-refractivity contribution in [2.24, 2.45) is 0 Å². The van der Waals surface area contributed by atoms with E-state index >= 15 is 0 Å². The minimum absolute atomic E-state index is 0.0987. The Bertz CT molecular complexity index is 793. The second-order valence-electron chi connectivity index (χ2n) is 5.68. The SMILES string of the molecule is CCN(C(=O)CN(C(C)=O)c1ccc(Cl)cc1Cl)c1cccc(C)c1. The third kappa shape index (κ3) is 4.74. The Morgan fingerprint density at radius 2 is 1.76 bits per heavy atom. The Morgan fingerprint density at radius 1 is 1.04 bits per heavy atom. The van der Waals surface area contributed by atoms with Gasteiger partial charge in [-0.3, -0.25) is 9.59 Å². The molecule has 0 N–H and O–H groups in total. The number of carbonyl (C=O) groups is 2. The highest BCUT2D eigenvalue weighted by molar-refractivity contribution is 6.36. The summed E-state index contributed by atoms with van der Waals surface area (Å²) in [6, 6.07) is 12.5. The van der Waals surface area contributed by atoms with E-state index in [4.69, 9.17) is 23.2 Å². The molecular weight excluding hydrogens is 359 g/mol. The minimum atomic E-state index is -0.266. The van der Waals surface area contributed by atoms with Gasteiger partial charge in [0.05, 0.1) is 10.7 Å². The topological polar surface area (TPSA) is 40.6 Å². The molecule has 4 nitrogen and oxygen atoms in total. The Hall–Kier alpha value is -2.04. The summed E-state index contributed by atoms with van der Waals surface area (Å²) in [5.41, 5.74) is 2.33. The molecule has 132 valence electrons. The maximum absolute atomic E-state index is 12.8. The highest BCUT2D eigenvalue weighted by Crippen LogP contribution is 2.29. The van der Waals surface area contributed by atoms with Gasteiger partial charge in [-0.2, -0.15) is 0 Å². The van der Waals surface area contributed by atoms with Crippen molar-refractivity contribution in [3.05, 3.63) is 58.1 Å². The average Bonchev–Trinajstić information content (AvgIpc) is 2.54. The van der Waals surface area contributed by atoms with Crippen LogP contribution in [0.3, 0.4) is 0 Å². The number of amides is 2. The maximum atomic E-state index is 12.8. The van der Waals surface area contributed by atoms with E-state index in [9.17, 15) is 9.59 Å². The van der Waals surface area contributed by atoms with E-state index in [1.165, 1.54) is 11.8 Å². The molecule has 2 amide bonds. The van der Waals surface area contributed by atoms with Crippen molar-refractivity contribution in [2.75, 3.05) is 22.9 Å². The summed E-state index contributed by atoms with van der Waals surface area (Å²) in [6.07, 6.45) is 0. The van der Waals surface area contributed by atoms with E-state index in [-0.39, 0.29) is 18.4 Å². The number of halogens is 2. The number of rotatable bonds is 5. The van der Waals surface area contributed by atoms with Crippen LogP contribution in [0.15, 0.2) is 42.5 Å². The highest BCUT2D eigenvalue weighted by Gasteiger charge is 2.22. The van der Waals surface area contributed by atoms with Crippen molar-refractivity contribution >= 4 is 46.4 Å². The Kier molecular flexibility index (Phi) is 6.45. The molecule has 0 aromatic heterocycles. The molecule has 0 atom stereocenters. The van der Waals surface area contributed by atoms with Crippen LogP contribution in [-0.4, -0.2) is 24.9 Å². The molecule has 0 unspecified atom stereocenters. The summed E-state index contributed by atoms with van der Waals surface area (Å²) >= 11 is 12.1. The lowest BCUT2D eigenvalue weighted by molar-refractivity contribution is -0.121. The van der Waals surface area contributed by atoms with Crippen molar-refractivity contribution in [1.82, 2.24) is 0 Å². The smallest absolute Gasteiger partial charge is 0.247 e. The van der Waals surface area contributed by atoms with Crippen molar-refractivity contribution in [3.63, 3.8) is 0 Å². The number of hydrogen-bond donors (Lipinski definition) is 0. The van der Waals surface area contributed by atoms with Crippen LogP contribution in [0.4, 0.5) is 11.4 Å². The largest absolute Gasteiger partial charge is 0.311 e. The van der Waals surface area contributed by atoms with Gasteiger partial charge in [0.2, 0.25) is 11.8 Å². The van der Waals surface area contributed by atoms with Gasteiger partial charge in [0, 0.05) is 24.2 Å². The van der Waals surface area contributed by atoms with Gasteiger partial charge in [-0.15, -0.1) is 0 Å². The number of carbonyl (C=O) groups excluding carboxylic acids is 2. The van der Waals surface area contributed by atoms with Gasteiger partial charge < -0.3 is 9.80 Å². The number of hydrogen-bond acceptors (Lipinski definition) is 2. The first-order chi connectivity index (χ1) is 11.8. The molecule has 0 bridgehead atoms. The lowest BCUT2D eigenvalue weighted by Gasteiger charge is -2.27. The summed E-state index contributed by atoms with van der Waals surface area (Å²) in [7, 11) is 0. The Labute approximate surface area is 157 Å². The number of nitrogens with zero attached hydrogens (tertiary/aromatic N) is 2. The molecule has 0 saturated carbocycles. The monoisotopic (exact) mass is 378 g/mol. The molecule has 0 heterocycles. The Balaban J connectivity index is 2.29. The minimum Gasteiger partial charge on any atom is -0.311 e. The molecule has 0 aliphatic carbocycles. The zero-order valence-corrected chi connectivity index (χ0v) is 15.9. The first kappa shape index (κ1) is 19.3. The van der Waals surface area contributed by atoms with E-state index in [2.05, 4.69) is 0 Å². The van der Waals surface area contributed by atoms with E-state index in [0.29, 0.717) is 22.3 Å². The van der Waals surface area contributed by atoms with Crippen molar-refractivity contribution in [1.29, 1.82) is 0 Å². The molecule has 0 aliphatic heterocycles. The van der Waals surface area contributed by atoms with Gasteiger partial charge in [0.25, 0.3) is 0 Å². The number of benzene rings is 2. The number of likely N-dealkylation sites (N-methyl/N-ethyl adjacent to an activating group) is 1. The number of aryl methyl sites for hydroxylation is 1. The molecule has 0 fully saturated rings. The predicted octanol–water partition coefficient (Wildman–Crippen LogP) is 4.71. The molecule has 2 rings (SSSR count). The molecule has 2 aromatic rings. The van der Waals surface area contributed by atoms with Crippen LogP contribution in [0.25, 0.3) is 0 Å². The van der Waals surface area contributed by atoms with Crippen LogP contribution in [0, 0.1) is 6.92 Å². The van der Waals surface area contributed by atoms with E-state index in [1.807, 2.05) is 38.1 Å². The lowest BCUT2D eigenvalue weighted by Crippen LogP contribution is -2.42. The molecule has 0 aliphatic rings. The molecule has 0 saturated heterocycles. The van der Waals surface area contributed by atoms with Gasteiger partial charge in [-0.05, 0) is 49.7 Å². The van der Waals surface area contributed by atoms with Crippen LogP contribution < -0.4 is 9.80 Å². The van der Waals surface area contributed by atoms with E-state index in [1.54, 1.807) is 23.1 Å². The fourth-order valence-electron chi connectivity index (χ4n) is 2.59. The van der Waals surface area contributed by atoms with Crippen LogP contribution >= 0.6 is 23.2 Å². The predicted molar refractivity (Wildman–Crippen MR) is 104 cm³/mol. The van der Waals surface area contributed by atoms with E-state index < -0.39 is 0 Å². The van der Waals surface area contributed by atoms with Crippen molar-refractivity contribution in [2.45, 2.75) is 20.8 Å². The third-order valence-corrected chi connectivity index (χ3v) is 4.34. The maximum Gasteiger partial charge on any atom is 0.247 e. The molecule has 2 aromatic carbocycles. The molecule has 6 heteroatoms. The fraction of sp³-hybridized carbons (Fsp3) is 0.263. The summed E-state index contributed by atoms with van der Waals surface area (Å²) in [4.78, 5) is 27.9. The van der Waals surface area contributed by atoms with Gasteiger partial charge in [0.15, 0.2) is 0 Å². The highest BCUT2D eigenvalue weighted by atomic mass is 35.5. The summed E-state index contributed by atoms with van der Waals surface area (Å²) < 4.78 is 0. The van der Waals surface area contributed by atoms with Gasteiger partial charge in [-0.25, -0.2) is 0 Å². The van der Waals surface area contributed by atoms with Crippen molar-refractivity contribution < 1.29 is 9.59 Å². The molecule has 0 radical (unpaired) electrons. The van der Waals surface area contributed by atoms with Gasteiger partial charge in [-0.1, -0.05) is 35.3 Å².